The molecule has 0 spiro atoms. The van der Waals surface area contributed by atoms with E-state index in [1.807, 2.05) is 0 Å². The second-order valence-electron chi connectivity index (χ2n) is 6.18. The van der Waals surface area contributed by atoms with Gasteiger partial charge >= 0.3 is 0 Å². The summed E-state index contributed by atoms with van der Waals surface area (Å²) in [5.41, 5.74) is 2.09. The van der Waals surface area contributed by atoms with Crippen molar-refractivity contribution in [2.45, 2.75) is 57.0 Å². The van der Waals surface area contributed by atoms with Crippen LogP contribution < -0.4 is 0 Å². The van der Waals surface area contributed by atoms with Crippen LogP contribution in [0, 0.1) is 0 Å². The molecule has 1 heterocycles. The van der Waals surface area contributed by atoms with Gasteiger partial charge in [0.15, 0.2) is 0 Å². The molecule has 1 fully saturated rings. The van der Waals surface area contributed by atoms with Crippen LogP contribution in [0.25, 0.3) is 0 Å². The Balaban J connectivity index is 1.77. The quantitative estimate of drug-likeness (QED) is 0.713. The molecule has 2 rings (SSSR count). The number of benzene rings is 1. The Labute approximate surface area is 113 Å². The molecule has 0 saturated carbocycles. The van der Waals surface area contributed by atoms with Crippen LogP contribution in [-0.2, 0) is 11.2 Å². The first-order valence-corrected chi connectivity index (χ1v) is 10.6. The number of ether oxygens (including phenoxy) is 1. The molecule has 18 heavy (non-hydrogen) atoms. The third kappa shape index (κ3) is 3.96. The molecule has 1 unspecified atom stereocenters. The van der Waals surface area contributed by atoms with Crippen molar-refractivity contribution in [2.24, 2.45) is 0 Å². The fourth-order valence-corrected chi connectivity index (χ4v) is 5.88. The van der Waals surface area contributed by atoms with Crippen LogP contribution in [0.15, 0.2) is 30.3 Å². The number of hydrogen-bond acceptors (Lipinski definition) is 1. The SMILES string of the molecule is C[Si](C)(CCCc1ccccc1)C1CCCCO1. The van der Waals surface area contributed by atoms with Crippen LogP contribution in [0.5, 0.6) is 0 Å². The third-order valence-electron chi connectivity index (χ3n) is 4.18. The van der Waals surface area contributed by atoms with Gasteiger partial charge in [-0.05, 0) is 31.2 Å². The lowest BCUT2D eigenvalue weighted by atomic mass is 10.1. The number of hydrogen-bond donors (Lipinski definition) is 0. The largest absolute Gasteiger partial charge is 0.382 e. The van der Waals surface area contributed by atoms with Gasteiger partial charge in [0.25, 0.3) is 0 Å². The van der Waals surface area contributed by atoms with Gasteiger partial charge in [-0.2, -0.15) is 0 Å². The predicted octanol–water partition coefficient (Wildman–Crippen LogP) is 4.44. The van der Waals surface area contributed by atoms with Gasteiger partial charge in [0.2, 0.25) is 0 Å². The highest BCUT2D eigenvalue weighted by Crippen LogP contribution is 2.27. The van der Waals surface area contributed by atoms with Gasteiger partial charge in [0.05, 0.1) is 8.07 Å². The maximum Gasteiger partial charge on any atom is 0.0815 e. The van der Waals surface area contributed by atoms with Gasteiger partial charge in [0.1, 0.15) is 0 Å². The molecular formula is C16H26OSi. The van der Waals surface area contributed by atoms with Crippen LogP contribution in [0.4, 0.5) is 0 Å². The first-order valence-electron chi connectivity index (χ1n) is 7.34. The standard InChI is InChI=1S/C16H26OSi/c1-18(2,16-12-6-7-13-17-16)14-8-11-15-9-4-3-5-10-15/h3-5,9-10,16H,6-8,11-14H2,1-2H3. The van der Waals surface area contributed by atoms with Crippen molar-refractivity contribution in [1.29, 1.82) is 0 Å². The third-order valence-corrected chi connectivity index (χ3v) is 8.02. The summed E-state index contributed by atoms with van der Waals surface area (Å²) in [6.07, 6.45) is 6.50. The minimum Gasteiger partial charge on any atom is -0.382 e. The summed E-state index contributed by atoms with van der Waals surface area (Å²) < 4.78 is 6.01. The fourth-order valence-electron chi connectivity index (χ4n) is 2.91. The molecule has 1 aromatic carbocycles. The van der Waals surface area contributed by atoms with E-state index in [4.69, 9.17) is 4.74 Å². The van der Waals surface area contributed by atoms with Crippen molar-refractivity contribution in [1.82, 2.24) is 0 Å². The molecular weight excluding hydrogens is 236 g/mol. The summed E-state index contributed by atoms with van der Waals surface area (Å²) in [6, 6.07) is 12.3. The van der Waals surface area contributed by atoms with Gasteiger partial charge in [-0.1, -0.05) is 55.9 Å². The average molecular weight is 262 g/mol. The highest BCUT2D eigenvalue weighted by atomic mass is 28.3. The Kier molecular flexibility index (Phi) is 5.01. The normalized spacial score (nSPS) is 20.9. The second-order valence-corrected chi connectivity index (χ2v) is 11.3. The van der Waals surface area contributed by atoms with Crippen LogP contribution >= 0.6 is 0 Å². The zero-order valence-corrected chi connectivity index (χ0v) is 12.8. The van der Waals surface area contributed by atoms with Crippen LogP contribution in [0.3, 0.4) is 0 Å². The minimum atomic E-state index is -1.18. The van der Waals surface area contributed by atoms with E-state index in [9.17, 15) is 0 Å². The van der Waals surface area contributed by atoms with Crippen molar-refractivity contribution in [3.8, 4) is 0 Å². The van der Waals surface area contributed by atoms with E-state index < -0.39 is 8.07 Å². The van der Waals surface area contributed by atoms with Crippen LogP contribution in [0.2, 0.25) is 19.1 Å². The smallest absolute Gasteiger partial charge is 0.0815 e. The van der Waals surface area contributed by atoms with Crippen molar-refractivity contribution in [3.05, 3.63) is 35.9 Å². The maximum absolute atomic E-state index is 6.01. The van der Waals surface area contributed by atoms with E-state index in [0.29, 0.717) is 5.73 Å². The van der Waals surface area contributed by atoms with E-state index in [1.165, 1.54) is 43.7 Å². The first-order chi connectivity index (χ1) is 8.68. The summed E-state index contributed by atoms with van der Waals surface area (Å²) >= 11 is 0. The van der Waals surface area contributed by atoms with Gasteiger partial charge in [0, 0.05) is 12.3 Å². The molecule has 2 heteroatoms. The number of aryl methyl sites for hydroxylation is 1. The molecule has 1 saturated heterocycles. The van der Waals surface area contributed by atoms with E-state index in [-0.39, 0.29) is 0 Å². The van der Waals surface area contributed by atoms with Crippen molar-refractivity contribution < 1.29 is 4.74 Å². The molecule has 0 amide bonds. The molecule has 0 aliphatic carbocycles. The summed E-state index contributed by atoms with van der Waals surface area (Å²) in [5, 5.41) is 0. The van der Waals surface area contributed by atoms with E-state index in [1.54, 1.807) is 0 Å². The summed E-state index contributed by atoms with van der Waals surface area (Å²) in [5.74, 6) is 0. The zero-order chi connectivity index (χ0) is 12.8. The molecule has 100 valence electrons. The van der Waals surface area contributed by atoms with Crippen LogP contribution in [0.1, 0.15) is 31.2 Å². The van der Waals surface area contributed by atoms with Crippen molar-refractivity contribution in [3.63, 3.8) is 0 Å². The lowest BCUT2D eigenvalue weighted by molar-refractivity contribution is 0.0597. The second kappa shape index (κ2) is 6.53. The topological polar surface area (TPSA) is 9.23 Å². The van der Waals surface area contributed by atoms with Crippen molar-refractivity contribution in [2.75, 3.05) is 6.61 Å². The summed E-state index contributed by atoms with van der Waals surface area (Å²) in [6.45, 7) is 6.02. The lowest BCUT2D eigenvalue weighted by Gasteiger charge is -2.35. The zero-order valence-electron chi connectivity index (χ0n) is 11.8. The van der Waals surface area contributed by atoms with Crippen LogP contribution in [-0.4, -0.2) is 20.4 Å². The van der Waals surface area contributed by atoms with E-state index in [2.05, 4.69) is 43.4 Å². The minimum absolute atomic E-state index is 0.613. The molecule has 1 aliphatic rings. The lowest BCUT2D eigenvalue weighted by Crippen LogP contribution is -2.45. The monoisotopic (exact) mass is 262 g/mol. The Morgan fingerprint density at radius 3 is 2.61 bits per heavy atom. The first kappa shape index (κ1) is 13.8. The maximum atomic E-state index is 6.01. The molecule has 0 bridgehead atoms. The molecule has 1 atom stereocenters. The molecule has 0 aromatic heterocycles. The Hall–Kier alpha value is -0.603. The van der Waals surface area contributed by atoms with E-state index in [0.717, 1.165) is 6.61 Å². The molecule has 1 aromatic rings. The highest BCUT2D eigenvalue weighted by Gasteiger charge is 2.33. The Bertz CT molecular complexity index is 341. The number of rotatable bonds is 5. The van der Waals surface area contributed by atoms with E-state index >= 15 is 0 Å². The van der Waals surface area contributed by atoms with Gasteiger partial charge in [-0.25, -0.2) is 0 Å². The molecule has 0 radical (unpaired) electrons. The summed E-state index contributed by atoms with van der Waals surface area (Å²) in [4.78, 5) is 0. The molecule has 1 nitrogen and oxygen atoms in total. The summed E-state index contributed by atoms with van der Waals surface area (Å²) in [7, 11) is -1.18. The predicted molar refractivity (Wildman–Crippen MR) is 80.6 cm³/mol. The Morgan fingerprint density at radius 1 is 1.17 bits per heavy atom. The van der Waals surface area contributed by atoms with Gasteiger partial charge in [-0.3, -0.25) is 0 Å². The molecule has 0 N–H and O–H groups in total. The average Bonchev–Trinajstić information content (AvgIpc) is 2.41. The van der Waals surface area contributed by atoms with Gasteiger partial charge in [-0.15, -0.1) is 0 Å². The van der Waals surface area contributed by atoms with Gasteiger partial charge < -0.3 is 4.74 Å². The van der Waals surface area contributed by atoms with Crippen molar-refractivity contribution >= 4 is 8.07 Å². The fraction of sp³-hybridized carbons (Fsp3) is 0.625. The Morgan fingerprint density at radius 2 is 1.94 bits per heavy atom. The highest BCUT2D eigenvalue weighted by molar-refractivity contribution is 6.78. The molecule has 1 aliphatic heterocycles.